The van der Waals surface area contributed by atoms with Gasteiger partial charge in [0.15, 0.2) is 4.77 Å². The number of H-pyrrole nitrogens is 1. The number of nitrogens with zero attached hydrogens (tertiary/aromatic N) is 2. The third-order valence-electron chi connectivity index (χ3n) is 5.62. The molecule has 5 nitrogen and oxygen atoms in total. The number of unbranched alkanes of at least 4 members (excludes halogenated alkanes) is 1. The molecule has 0 aliphatic carbocycles. The van der Waals surface area contributed by atoms with E-state index in [2.05, 4.69) is 24.1 Å². The first-order valence-corrected chi connectivity index (χ1v) is 10.7. The molecule has 0 saturated carbocycles. The normalized spacial score (nSPS) is 12.6. The highest BCUT2D eigenvalue weighted by Gasteiger charge is 2.13. The minimum absolute atomic E-state index is 0.0467. The number of nitrogens with one attached hydrogen (secondary N) is 2. The SMILES string of the molecule is CCCCC(CC)CNC(=O)c1ccc2c(c1)[nH]c(=S)n1c3ccccc3nc21. The number of para-hydroxylation sites is 2. The van der Waals surface area contributed by atoms with Gasteiger partial charge in [0.05, 0.1) is 16.6 Å². The molecule has 1 unspecified atom stereocenters. The summed E-state index contributed by atoms with van der Waals surface area (Å²) in [6, 6.07) is 13.6. The van der Waals surface area contributed by atoms with Gasteiger partial charge in [0.2, 0.25) is 0 Å². The van der Waals surface area contributed by atoms with E-state index >= 15 is 0 Å². The molecule has 2 N–H and O–H groups in total. The first kappa shape index (κ1) is 19.6. The van der Waals surface area contributed by atoms with Crippen molar-refractivity contribution >= 4 is 45.7 Å². The van der Waals surface area contributed by atoms with Crippen LogP contribution >= 0.6 is 12.2 Å². The second kappa shape index (κ2) is 8.33. The Morgan fingerprint density at radius 2 is 2.07 bits per heavy atom. The van der Waals surface area contributed by atoms with E-state index in [1.807, 2.05) is 46.9 Å². The fraction of sp³-hybridized carbons (Fsp3) is 0.348. The van der Waals surface area contributed by atoms with Gasteiger partial charge in [0.25, 0.3) is 5.91 Å². The summed E-state index contributed by atoms with van der Waals surface area (Å²) in [4.78, 5) is 20.7. The molecule has 6 heteroatoms. The van der Waals surface area contributed by atoms with Gasteiger partial charge in [0, 0.05) is 17.5 Å². The largest absolute Gasteiger partial charge is 0.352 e. The maximum absolute atomic E-state index is 12.7. The molecule has 2 aromatic heterocycles. The van der Waals surface area contributed by atoms with Crippen molar-refractivity contribution in [2.45, 2.75) is 39.5 Å². The van der Waals surface area contributed by atoms with Gasteiger partial charge in [-0.2, -0.15) is 0 Å². The zero-order valence-electron chi connectivity index (χ0n) is 16.9. The molecule has 0 fully saturated rings. The summed E-state index contributed by atoms with van der Waals surface area (Å²) in [5, 5.41) is 4.04. The van der Waals surface area contributed by atoms with E-state index in [1.54, 1.807) is 0 Å². The zero-order valence-corrected chi connectivity index (χ0v) is 17.7. The van der Waals surface area contributed by atoms with Crippen LogP contribution in [-0.2, 0) is 0 Å². The molecular formula is C23H26N4OS. The standard InChI is InChI=1S/C23H26N4OS/c1-3-5-8-15(4-2)14-24-22(28)16-11-12-17-19(13-16)26-23(29)27-20-10-7-6-9-18(20)25-21(17)27/h6-7,9-13,15H,3-5,8,14H2,1-2H3,(H,24,28)(H,26,29). The number of rotatable bonds is 7. The van der Waals surface area contributed by atoms with Crippen molar-refractivity contribution in [2.75, 3.05) is 6.54 Å². The van der Waals surface area contributed by atoms with Crippen molar-refractivity contribution in [3.63, 3.8) is 0 Å². The average molecular weight is 407 g/mol. The smallest absolute Gasteiger partial charge is 0.251 e. The number of carbonyl (C=O) groups excluding carboxylic acids is 1. The summed E-state index contributed by atoms with van der Waals surface area (Å²) in [5.41, 5.74) is 4.14. The summed E-state index contributed by atoms with van der Waals surface area (Å²) < 4.78 is 2.52. The first-order valence-electron chi connectivity index (χ1n) is 10.3. The van der Waals surface area contributed by atoms with Crippen LogP contribution in [-0.4, -0.2) is 26.8 Å². The van der Waals surface area contributed by atoms with Crippen molar-refractivity contribution < 1.29 is 4.79 Å². The van der Waals surface area contributed by atoms with Crippen LogP contribution in [0.5, 0.6) is 0 Å². The third-order valence-corrected chi connectivity index (χ3v) is 5.91. The number of hydrogen-bond acceptors (Lipinski definition) is 3. The number of aromatic nitrogens is 3. The molecule has 29 heavy (non-hydrogen) atoms. The van der Waals surface area contributed by atoms with Crippen LogP contribution in [0.15, 0.2) is 42.5 Å². The molecule has 2 aromatic carbocycles. The molecule has 150 valence electrons. The lowest BCUT2D eigenvalue weighted by Crippen LogP contribution is -2.29. The summed E-state index contributed by atoms with van der Waals surface area (Å²) in [6.07, 6.45) is 4.63. The van der Waals surface area contributed by atoms with Crippen LogP contribution in [0.3, 0.4) is 0 Å². The maximum atomic E-state index is 12.7. The Hall–Kier alpha value is -2.73. The van der Waals surface area contributed by atoms with Crippen molar-refractivity contribution in [2.24, 2.45) is 5.92 Å². The van der Waals surface area contributed by atoms with Crippen LogP contribution in [0.1, 0.15) is 49.9 Å². The highest BCUT2D eigenvalue weighted by atomic mass is 32.1. The molecule has 0 saturated heterocycles. The van der Waals surface area contributed by atoms with Crippen molar-refractivity contribution in [3.8, 4) is 0 Å². The Morgan fingerprint density at radius 3 is 2.86 bits per heavy atom. The molecular weight excluding hydrogens is 380 g/mol. The van der Waals surface area contributed by atoms with E-state index in [0.29, 0.717) is 22.8 Å². The lowest BCUT2D eigenvalue weighted by atomic mass is 9.99. The molecule has 2 heterocycles. The van der Waals surface area contributed by atoms with Crippen LogP contribution < -0.4 is 5.32 Å². The van der Waals surface area contributed by atoms with Crippen LogP contribution in [0.4, 0.5) is 0 Å². The monoisotopic (exact) mass is 406 g/mol. The van der Waals surface area contributed by atoms with Crippen molar-refractivity contribution in [3.05, 3.63) is 52.8 Å². The maximum Gasteiger partial charge on any atom is 0.251 e. The molecule has 0 aliphatic heterocycles. The Morgan fingerprint density at radius 1 is 1.24 bits per heavy atom. The van der Waals surface area contributed by atoms with E-state index in [1.165, 1.54) is 12.8 Å². The van der Waals surface area contributed by atoms with Crippen LogP contribution in [0.2, 0.25) is 0 Å². The fourth-order valence-electron chi connectivity index (χ4n) is 3.85. The Bertz CT molecular complexity index is 1240. The number of carbonyl (C=O) groups is 1. The molecule has 0 aliphatic rings. The van der Waals surface area contributed by atoms with E-state index in [0.717, 1.165) is 40.4 Å². The fourth-order valence-corrected chi connectivity index (χ4v) is 4.14. The van der Waals surface area contributed by atoms with E-state index in [-0.39, 0.29) is 5.91 Å². The van der Waals surface area contributed by atoms with E-state index in [4.69, 9.17) is 17.2 Å². The van der Waals surface area contributed by atoms with E-state index in [9.17, 15) is 4.79 Å². The van der Waals surface area contributed by atoms with Gasteiger partial charge in [-0.05, 0) is 54.9 Å². The molecule has 1 atom stereocenters. The number of benzene rings is 2. The molecule has 0 spiro atoms. The second-order valence-corrected chi connectivity index (χ2v) is 7.96. The first-order chi connectivity index (χ1) is 14.1. The summed E-state index contributed by atoms with van der Waals surface area (Å²) in [5.74, 6) is 0.483. The van der Waals surface area contributed by atoms with Gasteiger partial charge in [-0.3, -0.25) is 9.20 Å². The number of hydrogen-bond donors (Lipinski definition) is 2. The number of amides is 1. The Balaban J connectivity index is 1.66. The number of imidazole rings is 1. The zero-order chi connectivity index (χ0) is 20.4. The quantitative estimate of drug-likeness (QED) is 0.390. The minimum Gasteiger partial charge on any atom is -0.352 e. The highest BCUT2D eigenvalue weighted by molar-refractivity contribution is 7.71. The highest BCUT2D eigenvalue weighted by Crippen LogP contribution is 2.24. The molecule has 4 aromatic rings. The third kappa shape index (κ3) is 3.77. The van der Waals surface area contributed by atoms with Crippen LogP contribution in [0.25, 0.3) is 27.6 Å². The molecule has 0 radical (unpaired) electrons. The molecule has 0 bridgehead atoms. The Kier molecular flexibility index (Phi) is 5.62. The Labute approximate surface area is 175 Å². The summed E-state index contributed by atoms with van der Waals surface area (Å²) >= 11 is 5.58. The number of aromatic amines is 1. The molecule has 1 amide bonds. The number of fused-ring (bicyclic) bond motifs is 5. The minimum atomic E-state index is -0.0467. The van der Waals surface area contributed by atoms with E-state index < -0.39 is 0 Å². The van der Waals surface area contributed by atoms with Gasteiger partial charge in [-0.15, -0.1) is 0 Å². The second-order valence-electron chi connectivity index (χ2n) is 7.58. The summed E-state index contributed by atoms with van der Waals surface area (Å²) in [7, 11) is 0. The average Bonchev–Trinajstić information content (AvgIpc) is 3.14. The predicted molar refractivity (Wildman–Crippen MR) is 121 cm³/mol. The van der Waals surface area contributed by atoms with Gasteiger partial charge >= 0.3 is 0 Å². The topological polar surface area (TPSA) is 62.2 Å². The lowest BCUT2D eigenvalue weighted by Gasteiger charge is -2.15. The lowest BCUT2D eigenvalue weighted by molar-refractivity contribution is 0.0946. The summed E-state index contributed by atoms with van der Waals surface area (Å²) in [6.45, 7) is 5.10. The predicted octanol–water partition coefficient (Wildman–Crippen LogP) is 5.64. The molecule has 4 rings (SSSR count). The van der Waals surface area contributed by atoms with Gasteiger partial charge < -0.3 is 10.3 Å². The van der Waals surface area contributed by atoms with Crippen molar-refractivity contribution in [1.82, 2.24) is 19.7 Å². The van der Waals surface area contributed by atoms with Crippen LogP contribution in [0, 0.1) is 10.7 Å². The van der Waals surface area contributed by atoms with Gasteiger partial charge in [0.1, 0.15) is 5.65 Å². The van der Waals surface area contributed by atoms with Gasteiger partial charge in [-0.1, -0.05) is 45.2 Å². The van der Waals surface area contributed by atoms with Gasteiger partial charge in [-0.25, -0.2) is 4.98 Å². The van der Waals surface area contributed by atoms with Crippen molar-refractivity contribution in [1.29, 1.82) is 0 Å².